The third-order valence-corrected chi connectivity index (χ3v) is 4.83. The van der Waals surface area contributed by atoms with Crippen LogP contribution in [0.2, 0.25) is 0 Å². The molecule has 1 amide bonds. The van der Waals surface area contributed by atoms with Crippen molar-refractivity contribution in [1.82, 2.24) is 15.1 Å². The van der Waals surface area contributed by atoms with Crippen LogP contribution in [0.4, 0.5) is 0 Å². The van der Waals surface area contributed by atoms with E-state index in [2.05, 4.69) is 10.4 Å². The molecule has 0 spiro atoms. The lowest BCUT2D eigenvalue weighted by molar-refractivity contribution is -0.122. The zero-order chi connectivity index (χ0) is 18.7. The molecule has 1 heterocycles. The SMILES string of the molecule is COc1ccc(CC(=O)N[C@H](c2cnn(C)c2)C2CC(O)C2)cc1OC. The third-order valence-electron chi connectivity index (χ3n) is 4.83. The second-order valence-corrected chi connectivity index (χ2v) is 6.74. The van der Waals surface area contributed by atoms with Gasteiger partial charge in [-0.2, -0.15) is 5.10 Å². The fourth-order valence-corrected chi connectivity index (χ4v) is 3.38. The molecule has 1 saturated carbocycles. The van der Waals surface area contributed by atoms with E-state index < -0.39 is 0 Å². The summed E-state index contributed by atoms with van der Waals surface area (Å²) in [6, 6.07) is 5.32. The van der Waals surface area contributed by atoms with Crippen LogP contribution in [0, 0.1) is 5.92 Å². The number of aromatic nitrogens is 2. The monoisotopic (exact) mass is 359 g/mol. The van der Waals surface area contributed by atoms with Crippen molar-refractivity contribution in [3.8, 4) is 11.5 Å². The number of benzene rings is 1. The van der Waals surface area contributed by atoms with Crippen LogP contribution in [0.3, 0.4) is 0 Å². The summed E-state index contributed by atoms with van der Waals surface area (Å²) < 4.78 is 12.2. The smallest absolute Gasteiger partial charge is 0.224 e. The van der Waals surface area contributed by atoms with Gasteiger partial charge in [-0.3, -0.25) is 9.48 Å². The van der Waals surface area contributed by atoms with E-state index in [9.17, 15) is 9.90 Å². The number of aliphatic hydroxyl groups is 1. The molecule has 1 aliphatic rings. The fraction of sp³-hybridized carbons (Fsp3) is 0.474. The molecule has 1 aromatic heterocycles. The van der Waals surface area contributed by atoms with Gasteiger partial charge in [-0.1, -0.05) is 6.07 Å². The molecule has 1 aromatic carbocycles. The molecule has 1 atom stereocenters. The highest BCUT2D eigenvalue weighted by Gasteiger charge is 2.36. The van der Waals surface area contributed by atoms with Crippen molar-refractivity contribution in [2.24, 2.45) is 13.0 Å². The highest BCUT2D eigenvalue weighted by molar-refractivity contribution is 5.79. The van der Waals surface area contributed by atoms with Crippen molar-refractivity contribution < 1.29 is 19.4 Å². The first kappa shape index (κ1) is 18.3. The Bertz CT molecular complexity index is 768. The Labute approximate surface area is 152 Å². The largest absolute Gasteiger partial charge is 0.493 e. The summed E-state index contributed by atoms with van der Waals surface area (Å²) in [5.41, 5.74) is 1.81. The molecule has 2 aromatic rings. The van der Waals surface area contributed by atoms with Crippen LogP contribution in [0.5, 0.6) is 11.5 Å². The Hall–Kier alpha value is -2.54. The van der Waals surface area contributed by atoms with Crippen molar-refractivity contribution in [2.45, 2.75) is 31.4 Å². The van der Waals surface area contributed by atoms with Crippen molar-refractivity contribution in [1.29, 1.82) is 0 Å². The number of methoxy groups -OCH3 is 2. The maximum atomic E-state index is 12.6. The molecule has 7 nitrogen and oxygen atoms in total. The Morgan fingerprint density at radius 1 is 1.35 bits per heavy atom. The predicted octanol–water partition coefficient (Wildman–Crippen LogP) is 1.61. The van der Waals surface area contributed by atoms with Crippen LogP contribution < -0.4 is 14.8 Å². The van der Waals surface area contributed by atoms with Gasteiger partial charge in [0.25, 0.3) is 0 Å². The topological polar surface area (TPSA) is 85.6 Å². The molecule has 0 unspecified atom stereocenters. The number of amides is 1. The van der Waals surface area contributed by atoms with Crippen LogP contribution in [0.15, 0.2) is 30.6 Å². The van der Waals surface area contributed by atoms with Crippen LogP contribution in [-0.2, 0) is 18.3 Å². The Morgan fingerprint density at radius 2 is 2.08 bits per heavy atom. The number of hydrogen-bond acceptors (Lipinski definition) is 5. The minimum absolute atomic E-state index is 0.0764. The highest BCUT2D eigenvalue weighted by atomic mass is 16.5. The molecule has 0 bridgehead atoms. The molecule has 0 saturated heterocycles. The van der Waals surface area contributed by atoms with E-state index in [0.29, 0.717) is 24.3 Å². The lowest BCUT2D eigenvalue weighted by atomic mass is 9.75. The number of hydrogen-bond donors (Lipinski definition) is 2. The van der Waals surface area contributed by atoms with E-state index in [1.807, 2.05) is 25.4 Å². The summed E-state index contributed by atoms with van der Waals surface area (Å²) in [5, 5.41) is 16.9. The van der Waals surface area contributed by atoms with E-state index in [0.717, 1.165) is 11.1 Å². The number of carbonyl (C=O) groups is 1. The molecule has 0 radical (unpaired) electrons. The third kappa shape index (κ3) is 3.99. The fourth-order valence-electron chi connectivity index (χ4n) is 3.38. The van der Waals surface area contributed by atoms with Gasteiger partial charge in [0.15, 0.2) is 11.5 Å². The van der Waals surface area contributed by atoms with Crippen LogP contribution in [0.1, 0.15) is 30.0 Å². The summed E-state index contributed by atoms with van der Waals surface area (Å²) in [6.45, 7) is 0. The minimum atomic E-state index is -0.276. The van der Waals surface area contributed by atoms with Crippen LogP contribution >= 0.6 is 0 Å². The van der Waals surface area contributed by atoms with Crippen molar-refractivity contribution >= 4 is 5.91 Å². The quantitative estimate of drug-likeness (QED) is 0.784. The van der Waals surface area contributed by atoms with Gasteiger partial charge in [0.2, 0.25) is 5.91 Å². The first-order chi connectivity index (χ1) is 12.5. The van der Waals surface area contributed by atoms with Gasteiger partial charge in [-0.15, -0.1) is 0 Å². The average Bonchev–Trinajstić information content (AvgIpc) is 3.03. The van der Waals surface area contributed by atoms with E-state index >= 15 is 0 Å². The van der Waals surface area contributed by atoms with Gasteiger partial charge < -0.3 is 19.9 Å². The molecule has 7 heteroatoms. The second kappa shape index (κ2) is 7.78. The van der Waals surface area contributed by atoms with E-state index in [-0.39, 0.29) is 30.4 Å². The van der Waals surface area contributed by atoms with Gasteiger partial charge in [0.1, 0.15) is 0 Å². The standard InChI is InChI=1S/C19H25N3O4/c1-22-11-14(10-20-22)19(13-8-15(23)9-13)21-18(24)7-12-4-5-16(25-2)17(6-12)26-3/h4-6,10-11,13,15,19,23H,7-9H2,1-3H3,(H,21,24)/t13?,15?,19-/m0/s1. The van der Waals surface area contributed by atoms with Crippen molar-refractivity contribution in [2.75, 3.05) is 14.2 Å². The van der Waals surface area contributed by atoms with Gasteiger partial charge >= 0.3 is 0 Å². The van der Waals surface area contributed by atoms with E-state index in [1.54, 1.807) is 31.2 Å². The van der Waals surface area contributed by atoms with Gasteiger partial charge in [-0.05, 0) is 36.5 Å². The van der Waals surface area contributed by atoms with Crippen LogP contribution in [0.25, 0.3) is 0 Å². The first-order valence-electron chi connectivity index (χ1n) is 8.67. The van der Waals surface area contributed by atoms with Gasteiger partial charge in [-0.25, -0.2) is 0 Å². The Balaban J connectivity index is 1.70. The second-order valence-electron chi connectivity index (χ2n) is 6.74. The summed E-state index contributed by atoms with van der Waals surface area (Å²) in [6.07, 6.45) is 5.03. The molecule has 140 valence electrons. The van der Waals surface area contributed by atoms with Crippen LogP contribution in [-0.4, -0.2) is 41.1 Å². The van der Waals surface area contributed by atoms with Crippen molar-refractivity contribution in [3.63, 3.8) is 0 Å². The predicted molar refractivity (Wildman–Crippen MR) is 96.1 cm³/mol. The lowest BCUT2D eigenvalue weighted by Crippen LogP contribution is -2.41. The summed E-state index contributed by atoms with van der Waals surface area (Å²) in [5.74, 6) is 1.38. The molecule has 26 heavy (non-hydrogen) atoms. The molecule has 0 aliphatic heterocycles. The van der Waals surface area contributed by atoms with E-state index in [1.165, 1.54) is 0 Å². The number of nitrogens with zero attached hydrogens (tertiary/aromatic N) is 2. The Morgan fingerprint density at radius 3 is 2.65 bits per heavy atom. The number of rotatable bonds is 7. The van der Waals surface area contributed by atoms with Gasteiger partial charge in [0, 0.05) is 18.8 Å². The molecule has 2 N–H and O–H groups in total. The summed E-state index contributed by atoms with van der Waals surface area (Å²) in [4.78, 5) is 12.6. The first-order valence-corrected chi connectivity index (χ1v) is 8.67. The zero-order valence-electron chi connectivity index (χ0n) is 15.3. The molecular formula is C19H25N3O4. The van der Waals surface area contributed by atoms with Gasteiger partial charge in [0.05, 0.1) is 39.0 Å². The average molecular weight is 359 g/mol. The number of aryl methyl sites for hydroxylation is 1. The maximum absolute atomic E-state index is 12.6. The highest BCUT2D eigenvalue weighted by Crippen LogP contribution is 2.38. The lowest BCUT2D eigenvalue weighted by Gasteiger charge is -2.37. The number of nitrogens with one attached hydrogen (secondary N) is 1. The number of aliphatic hydroxyl groups excluding tert-OH is 1. The minimum Gasteiger partial charge on any atom is -0.493 e. The molecule has 1 aliphatic carbocycles. The normalized spacial score (nSPS) is 20.2. The zero-order valence-corrected chi connectivity index (χ0v) is 15.3. The molecule has 1 fully saturated rings. The number of ether oxygens (including phenoxy) is 2. The van der Waals surface area contributed by atoms with Crippen molar-refractivity contribution in [3.05, 3.63) is 41.7 Å². The maximum Gasteiger partial charge on any atom is 0.224 e. The molecule has 3 rings (SSSR count). The molecular weight excluding hydrogens is 334 g/mol. The summed E-state index contributed by atoms with van der Waals surface area (Å²) in [7, 11) is 5.00. The Kier molecular flexibility index (Phi) is 5.46. The number of carbonyl (C=O) groups excluding carboxylic acids is 1. The summed E-state index contributed by atoms with van der Waals surface area (Å²) >= 11 is 0. The van der Waals surface area contributed by atoms with E-state index in [4.69, 9.17) is 9.47 Å².